The summed E-state index contributed by atoms with van der Waals surface area (Å²) in [4.78, 5) is 41.9. The maximum Gasteiger partial charge on any atom is 0.283 e. The lowest BCUT2D eigenvalue weighted by Gasteiger charge is -2.15. The number of methoxy groups -OCH3 is 1. The van der Waals surface area contributed by atoms with Crippen molar-refractivity contribution in [3.8, 4) is 5.75 Å². The lowest BCUT2D eigenvalue weighted by Crippen LogP contribution is -2.32. The molecule has 0 unspecified atom stereocenters. The van der Waals surface area contributed by atoms with Crippen LogP contribution in [0, 0.1) is 0 Å². The third-order valence-corrected chi connectivity index (χ3v) is 7.31. The van der Waals surface area contributed by atoms with Crippen LogP contribution in [0.25, 0.3) is 0 Å². The number of thioether (sulfide) groups is 1. The van der Waals surface area contributed by atoms with Crippen LogP contribution in [0.5, 0.6) is 5.75 Å². The molecule has 40 heavy (non-hydrogen) atoms. The molecule has 2 N–H and O–H groups in total. The molecule has 1 aliphatic rings. The summed E-state index contributed by atoms with van der Waals surface area (Å²) in [5, 5.41) is 6.08. The Morgan fingerprint density at radius 2 is 1.48 bits per heavy atom. The van der Waals surface area contributed by atoms with Gasteiger partial charge in [-0.05, 0) is 66.6 Å². The third-order valence-electron chi connectivity index (χ3n) is 6.24. The summed E-state index contributed by atoms with van der Waals surface area (Å²) in [7, 11) is 1.55. The minimum Gasteiger partial charge on any atom is -0.497 e. The van der Waals surface area contributed by atoms with Gasteiger partial charge < -0.3 is 15.4 Å². The molecule has 3 amide bonds. The zero-order valence-corrected chi connectivity index (χ0v) is 22.6. The molecule has 0 saturated heterocycles. The zero-order valence-electron chi connectivity index (χ0n) is 21.8. The van der Waals surface area contributed by atoms with Gasteiger partial charge in [0.25, 0.3) is 11.8 Å². The van der Waals surface area contributed by atoms with E-state index in [1.54, 1.807) is 43.5 Å². The van der Waals surface area contributed by atoms with E-state index in [0.717, 1.165) is 10.5 Å². The molecule has 5 rings (SSSR count). The molecule has 4 aromatic carbocycles. The fraction of sp³-hybridized carbons (Fsp3) is 0.0938. The monoisotopic (exact) mass is 549 g/mol. The molecule has 0 fully saturated rings. The molecule has 0 bridgehead atoms. The maximum absolute atomic E-state index is 13.6. The first kappa shape index (κ1) is 26.8. The van der Waals surface area contributed by atoms with Crippen LogP contribution in [0.4, 0.5) is 17.1 Å². The van der Waals surface area contributed by atoms with Gasteiger partial charge in [-0.25, -0.2) is 4.90 Å². The average molecular weight is 550 g/mol. The lowest BCUT2D eigenvalue weighted by atomic mass is 10.1. The van der Waals surface area contributed by atoms with Crippen molar-refractivity contribution in [2.24, 2.45) is 0 Å². The molecular weight excluding hydrogens is 522 g/mol. The summed E-state index contributed by atoms with van der Waals surface area (Å²) in [6.45, 7) is 0. The van der Waals surface area contributed by atoms with E-state index in [0.29, 0.717) is 40.5 Å². The van der Waals surface area contributed by atoms with Gasteiger partial charge in [0, 0.05) is 22.7 Å². The van der Waals surface area contributed by atoms with Gasteiger partial charge in [-0.1, -0.05) is 66.4 Å². The topological polar surface area (TPSA) is 87.7 Å². The summed E-state index contributed by atoms with van der Waals surface area (Å²) < 4.78 is 5.22. The Balaban J connectivity index is 1.37. The molecule has 0 atom stereocenters. The number of amides is 3. The fourth-order valence-corrected chi connectivity index (χ4v) is 5.21. The van der Waals surface area contributed by atoms with Gasteiger partial charge >= 0.3 is 0 Å². The van der Waals surface area contributed by atoms with E-state index in [1.165, 1.54) is 11.8 Å². The number of anilines is 3. The Kier molecular flexibility index (Phi) is 8.27. The van der Waals surface area contributed by atoms with Crippen LogP contribution in [-0.2, 0) is 20.8 Å². The van der Waals surface area contributed by atoms with E-state index in [1.807, 2.05) is 72.8 Å². The fourth-order valence-electron chi connectivity index (χ4n) is 4.23. The number of aryl methyl sites for hydroxylation is 1. The first-order valence-electron chi connectivity index (χ1n) is 12.7. The zero-order chi connectivity index (χ0) is 27.9. The normalized spacial score (nSPS) is 13.0. The molecule has 4 aromatic rings. The van der Waals surface area contributed by atoms with Gasteiger partial charge in [0.15, 0.2) is 0 Å². The molecule has 200 valence electrons. The minimum atomic E-state index is -0.452. The number of carbonyl (C=O) groups excluding carboxylic acids is 3. The van der Waals surface area contributed by atoms with Crippen LogP contribution >= 0.6 is 11.8 Å². The van der Waals surface area contributed by atoms with Crippen LogP contribution in [0.3, 0.4) is 0 Å². The van der Waals surface area contributed by atoms with Gasteiger partial charge in [0.05, 0.1) is 12.8 Å². The van der Waals surface area contributed by atoms with Gasteiger partial charge in [-0.2, -0.15) is 0 Å². The highest BCUT2D eigenvalue weighted by molar-refractivity contribution is 8.04. The summed E-state index contributed by atoms with van der Waals surface area (Å²) >= 11 is 1.18. The number of rotatable bonds is 10. The van der Waals surface area contributed by atoms with Crippen molar-refractivity contribution in [2.45, 2.75) is 17.7 Å². The lowest BCUT2D eigenvalue weighted by molar-refractivity contribution is -0.120. The molecule has 1 aliphatic heterocycles. The van der Waals surface area contributed by atoms with Crippen LogP contribution in [-0.4, -0.2) is 24.8 Å². The number of benzene rings is 4. The first-order chi connectivity index (χ1) is 19.5. The standard InChI is InChI=1S/C32H27N3O4S/c1-39-26-18-16-25(17-19-26)35-31(37)29(34-23-11-6-3-7-12-23)30(32(35)38)40-27-14-8-13-24(21-27)33-28(36)20-15-22-9-4-2-5-10-22/h2-14,16-19,21,34H,15,20H2,1H3,(H,33,36). The Morgan fingerprint density at radius 3 is 2.17 bits per heavy atom. The van der Waals surface area contributed by atoms with E-state index in [9.17, 15) is 14.4 Å². The van der Waals surface area contributed by atoms with Gasteiger partial charge in [-0.15, -0.1) is 0 Å². The third kappa shape index (κ3) is 6.24. The minimum absolute atomic E-state index is 0.102. The van der Waals surface area contributed by atoms with Gasteiger partial charge in [0.1, 0.15) is 16.4 Å². The Labute approximate surface area is 236 Å². The quantitative estimate of drug-likeness (QED) is 0.227. The highest BCUT2D eigenvalue weighted by Crippen LogP contribution is 2.38. The molecule has 0 spiro atoms. The van der Waals surface area contributed by atoms with Crippen LogP contribution in [0.2, 0.25) is 0 Å². The smallest absolute Gasteiger partial charge is 0.283 e. The summed E-state index contributed by atoms with van der Waals surface area (Å²) in [6.07, 6.45) is 0.988. The SMILES string of the molecule is COc1ccc(N2C(=O)C(Nc3ccccc3)=C(Sc3cccc(NC(=O)CCc4ccccc4)c3)C2=O)cc1. The number of para-hydroxylation sites is 1. The number of imide groups is 1. The Bertz CT molecular complexity index is 1550. The summed E-state index contributed by atoms with van der Waals surface area (Å²) in [5.41, 5.74) is 3.03. The highest BCUT2D eigenvalue weighted by atomic mass is 32.2. The Hall–Kier alpha value is -4.82. The van der Waals surface area contributed by atoms with Crippen LogP contribution in [0.1, 0.15) is 12.0 Å². The second-order valence-electron chi connectivity index (χ2n) is 9.00. The Morgan fingerprint density at radius 1 is 0.800 bits per heavy atom. The number of ether oxygens (including phenoxy) is 1. The van der Waals surface area contributed by atoms with Crippen molar-refractivity contribution in [1.29, 1.82) is 0 Å². The number of hydrogen-bond donors (Lipinski definition) is 2. The first-order valence-corrected chi connectivity index (χ1v) is 13.5. The second kappa shape index (κ2) is 12.4. The van der Waals surface area contributed by atoms with Crippen LogP contribution in [0.15, 0.2) is 125 Å². The number of hydrogen-bond acceptors (Lipinski definition) is 6. The largest absolute Gasteiger partial charge is 0.497 e. The predicted molar refractivity (Wildman–Crippen MR) is 158 cm³/mol. The van der Waals surface area contributed by atoms with Crippen molar-refractivity contribution in [2.75, 3.05) is 22.6 Å². The van der Waals surface area contributed by atoms with Gasteiger partial charge in [0.2, 0.25) is 5.91 Å². The molecular formula is C32H27N3O4S. The van der Waals surface area contributed by atoms with E-state index in [2.05, 4.69) is 10.6 Å². The number of carbonyl (C=O) groups is 3. The van der Waals surface area contributed by atoms with Crippen molar-refractivity contribution in [3.63, 3.8) is 0 Å². The molecule has 0 radical (unpaired) electrons. The summed E-state index contributed by atoms with van der Waals surface area (Å²) in [5.74, 6) is -0.368. The van der Waals surface area contributed by atoms with Crippen molar-refractivity contribution < 1.29 is 19.1 Å². The molecule has 0 saturated carbocycles. The van der Waals surface area contributed by atoms with E-state index in [-0.39, 0.29) is 16.5 Å². The average Bonchev–Trinajstić information content (AvgIpc) is 3.21. The van der Waals surface area contributed by atoms with E-state index >= 15 is 0 Å². The molecule has 1 heterocycles. The molecule has 0 aromatic heterocycles. The second-order valence-corrected chi connectivity index (χ2v) is 10.1. The molecule has 7 nitrogen and oxygen atoms in total. The van der Waals surface area contributed by atoms with Crippen molar-refractivity contribution >= 4 is 46.5 Å². The van der Waals surface area contributed by atoms with Gasteiger partial charge in [-0.3, -0.25) is 14.4 Å². The van der Waals surface area contributed by atoms with Crippen molar-refractivity contribution in [3.05, 3.63) is 125 Å². The van der Waals surface area contributed by atoms with E-state index in [4.69, 9.17) is 4.74 Å². The van der Waals surface area contributed by atoms with E-state index < -0.39 is 11.8 Å². The molecule has 0 aliphatic carbocycles. The molecule has 8 heteroatoms. The summed E-state index contributed by atoms with van der Waals surface area (Å²) in [6, 6.07) is 33.1. The van der Waals surface area contributed by atoms with Crippen molar-refractivity contribution in [1.82, 2.24) is 0 Å². The van der Waals surface area contributed by atoms with Crippen LogP contribution < -0.4 is 20.3 Å². The number of nitrogens with zero attached hydrogens (tertiary/aromatic N) is 1. The maximum atomic E-state index is 13.6. The predicted octanol–water partition coefficient (Wildman–Crippen LogP) is 6.26. The number of nitrogens with one attached hydrogen (secondary N) is 2. The highest BCUT2D eigenvalue weighted by Gasteiger charge is 2.40.